The normalized spacial score (nSPS) is 30.6. The van der Waals surface area contributed by atoms with E-state index in [1.165, 1.54) is 11.3 Å². The first-order chi connectivity index (χ1) is 12.9. The molecule has 0 aromatic carbocycles. The Labute approximate surface area is 157 Å². The number of aryl methyl sites for hydroxylation is 2. The molecule has 4 rings (SSSR count). The Kier molecular flexibility index (Phi) is 4.80. The molecule has 1 fully saturated rings. The van der Waals surface area contributed by atoms with Crippen LogP contribution in [-0.2, 0) is 17.6 Å². The van der Waals surface area contributed by atoms with E-state index in [9.17, 15) is 25.2 Å². The van der Waals surface area contributed by atoms with E-state index in [2.05, 4.69) is 15.8 Å². The van der Waals surface area contributed by atoms with E-state index in [0.29, 0.717) is 10.2 Å². The average Bonchev–Trinajstić information content (AvgIpc) is 3.23. The van der Waals surface area contributed by atoms with Crippen molar-refractivity contribution < 1.29 is 25.2 Å². The summed E-state index contributed by atoms with van der Waals surface area (Å²) in [5.74, 6) is 5.87. The van der Waals surface area contributed by atoms with Gasteiger partial charge in [0.15, 0.2) is 6.23 Å². The third-order valence-corrected chi connectivity index (χ3v) is 6.18. The summed E-state index contributed by atoms with van der Waals surface area (Å²) in [6.45, 7) is -0.546. The van der Waals surface area contributed by atoms with E-state index in [4.69, 9.17) is 10.6 Å². The van der Waals surface area contributed by atoms with Gasteiger partial charge in [0, 0.05) is 4.88 Å². The highest BCUT2D eigenvalue weighted by Crippen LogP contribution is 2.34. The molecule has 2 aromatic rings. The smallest absolute Gasteiger partial charge is 0.282 e. The molecule has 0 saturated carbocycles. The van der Waals surface area contributed by atoms with Crippen LogP contribution in [0.15, 0.2) is 4.79 Å². The van der Waals surface area contributed by atoms with Gasteiger partial charge in [0.2, 0.25) is 5.95 Å². The number of nitrogen functional groups attached to an aromatic ring is 1. The predicted molar refractivity (Wildman–Crippen MR) is 96.6 cm³/mol. The van der Waals surface area contributed by atoms with Gasteiger partial charge in [0.05, 0.1) is 12.0 Å². The van der Waals surface area contributed by atoms with Crippen LogP contribution in [0.1, 0.15) is 16.9 Å². The van der Waals surface area contributed by atoms with Crippen molar-refractivity contribution in [1.29, 1.82) is 0 Å². The fourth-order valence-electron chi connectivity index (χ4n) is 3.50. The van der Waals surface area contributed by atoms with Crippen LogP contribution < -0.4 is 22.3 Å². The highest BCUT2D eigenvalue weighted by molar-refractivity contribution is 7.18. The molecule has 27 heavy (non-hydrogen) atoms. The summed E-state index contributed by atoms with van der Waals surface area (Å²) in [5, 5.41) is 39.4. The second-order valence-corrected chi connectivity index (χ2v) is 7.75. The third kappa shape index (κ3) is 2.99. The van der Waals surface area contributed by atoms with Gasteiger partial charge in [0.25, 0.3) is 5.56 Å². The molecule has 2 aromatic heterocycles. The molecule has 1 unspecified atom stereocenters. The minimum atomic E-state index is -1.52. The predicted octanol–water partition coefficient (Wildman–Crippen LogP) is -2.62. The van der Waals surface area contributed by atoms with Crippen LogP contribution in [-0.4, -0.2) is 67.3 Å². The minimum absolute atomic E-state index is 0.00406. The first kappa shape index (κ1) is 18.6. The molecule has 3 heterocycles. The fraction of sp³-hybridized carbons (Fsp3) is 0.600. The van der Waals surface area contributed by atoms with Crippen molar-refractivity contribution in [3.05, 3.63) is 20.8 Å². The summed E-state index contributed by atoms with van der Waals surface area (Å²) in [5.41, 5.74) is 5.83. The summed E-state index contributed by atoms with van der Waals surface area (Å²) in [4.78, 5) is 18.7. The molecule has 1 saturated heterocycles. The van der Waals surface area contributed by atoms with Gasteiger partial charge in [-0.1, -0.05) is 0 Å². The number of fused-ring (bicyclic) bond motifs is 3. The zero-order valence-corrected chi connectivity index (χ0v) is 15.0. The van der Waals surface area contributed by atoms with Gasteiger partial charge in [-0.3, -0.25) is 10.2 Å². The molecule has 148 valence electrons. The fourth-order valence-corrected chi connectivity index (χ4v) is 4.75. The second kappa shape index (κ2) is 6.98. The number of nitrogens with one attached hydrogen (secondary N) is 2. The van der Waals surface area contributed by atoms with Gasteiger partial charge in [0.1, 0.15) is 29.2 Å². The first-order valence-corrected chi connectivity index (χ1v) is 9.38. The molecule has 1 aliphatic heterocycles. The van der Waals surface area contributed by atoms with Crippen LogP contribution >= 0.6 is 11.3 Å². The van der Waals surface area contributed by atoms with Crippen LogP contribution in [0.4, 0.5) is 5.95 Å². The standard InChI is InChI=1S/C15H21N5O6S/c16-20-14(25)8-5-2-1-3-7(5)27-13(8)17-15(20)19-18-12-11(24)10(23)9(22)6(4-21)26-12/h6,9-12,18,21-24H,1-4,16H2,(H,17,19)/t6-,9+,10+,11-,12?/m1/s1. The first-order valence-electron chi connectivity index (χ1n) is 8.56. The molecule has 12 heteroatoms. The third-order valence-electron chi connectivity index (χ3n) is 4.99. The highest BCUT2D eigenvalue weighted by Gasteiger charge is 2.43. The van der Waals surface area contributed by atoms with Gasteiger partial charge in [-0.25, -0.2) is 10.4 Å². The lowest BCUT2D eigenvalue weighted by Crippen LogP contribution is -2.63. The second-order valence-electron chi connectivity index (χ2n) is 6.67. The van der Waals surface area contributed by atoms with Crippen molar-refractivity contribution in [2.45, 2.75) is 49.9 Å². The SMILES string of the molecule is Nn1c(NNC2O[C@H](CO)[C@H](O)[C@H](O)[C@H]2O)nc2sc3c(c2c1=O)CCC3. The Morgan fingerprint density at radius 1 is 1.26 bits per heavy atom. The number of hydrazine groups is 1. The number of nitrogens with zero attached hydrogens (tertiary/aromatic N) is 2. The number of ether oxygens (including phenoxy) is 1. The van der Waals surface area contributed by atoms with Crippen LogP contribution in [0.2, 0.25) is 0 Å². The topological polar surface area (TPSA) is 175 Å². The Morgan fingerprint density at radius 3 is 2.78 bits per heavy atom. The maximum atomic E-state index is 12.6. The lowest BCUT2D eigenvalue weighted by Gasteiger charge is -2.40. The summed E-state index contributed by atoms with van der Waals surface area (Å²) < 4.78 is 6.19. The molecule has 11 nitrogen and oxygen atoms in total. The maximum absolute atomic E-state index is 12.6. The summed E-state index contributed by atoms with van der Waals surface area (Å²) in [6.07, 6.45) is -3.93. The quantitative estimate of drug-likeness (QED) is 0.213. The number of aliphatic hydroxyl groups is 4. The molecule has 2 aliphatic rings. The van der Waals surface area contributed by atoms with Crippen molar-refractivity contribution in [3.8, 4) is 0 Å². The van der Waals surface area contributed by atoms with Crippen molar-refractivity contribution in [3.63, 3.8) is 0 Å². The van der Waals surface area contributed by atoms with Crippen molar-refractivity contribution >= 4 is 27.5 Å². The van der Waals surface area contributed by atoms with Crippen LogP contribution in [0.5, 0.6) is 0 Å². The van der Waals surface area contributed by atoms with Gasteiger partial charge in [-0.05, 0) is 24.8 Å². The van der Waals surface area contributed by atoms with E-state index in [-0.39, 0.29) is 11.5 Å². The Bertz CT molecular complexity index is 914. The van der Waals surface area contributed by atoms with E-state index in [1.807, 2.05) is 0 Å². The van der Waals surface area contributed by atoms with Crippen molar-refractivity contribution in [2.75, 3.05) is 17.9 Å². The zero-order valence-electron chi connectivity index (χ0n) is 14.2. The average molecular weight is 399 g/mol. The van der Waals surface area contributed by atoms with Crippen LogP contribution in [0.25, 0.3) is 10.2 Å². The summed E-state index contributed by atoms with van der Waals surface area (Å²) in [6, 6.07) is 0. The van der Waals surface area contributed by atoms with Crippen LogP contribution in [0.3, 0.4) is 0 Å². The van der Waals surface area contributed by atoms with Crippen molar-refractivity contribution in [1.82, 2.24) is 15.1 Å². The number of anilines is 1. The molecular weight excluding hydrogens is 378 g/mol. The number of rotatable bonds is 4. The highest BCUT2D eigenvalue weighted by atomic mass is 32.1. The Hall–Kier alpha value is -1.80. The Balaban J connectivity index is 1.57. The van der Waals surface area contributed by atoms with E-state index >= 15 is 0 Å². The van der Waals surface area contributed by atoms with Gasteiger partial charge in [-0.2, -0.15) is 4.68 Å². The molecule has 0 amide bonds. The largest absolute Gasteiger partial charge is 0.394 e. The molecule has 8 N–H and O–H groups in total. The summed E-state index contributed by atoms with van der Waals surface area (Å²) >= 11 is 1.46. The van der Waals surface area contributed by atoms with Gasteiger partial charge in [-0.15, -0.1) is 11.3 Å². The van der Waals surface area contributed by atoms with Crippen LogP contribution in [0, 0.1) is 0 Å². The number of hydrogen-bond acceptors (Lipinski definition) is 11. The van der Waals surface area contributed by atoms with Gasteiger partial charge < -0.3 is 31.0 Å². The maximum Gasteiger partial charge on any atom is 0.282 e. The molecule has 0 bridgehead atoms. The molecule has 0 spiro atoms. The lowest BCUT2D eigenvalue weighted by molar-refractivity contribution is -0.235. The number of aromatic nitrogens is 2. The number of aliphatic hydroxyl groups excluding tert-OH is 4. The van der Waals surface area contributed by atoms with E-state index in [1.54, 1.807) is 0 Å². The lowest BCUT2D eigenvalue weighted by atomic mass is 9.99. The molecular formula is C15H21N5O6S. The molecule has 0 radical (unpaired) electrons. The molecule has 5 atom stereocenters. The zero-order chi connectivity index (χ0) is 19.3. The van der Waals surface area contributed by atoms with Crippen molar-refractivity contribution in [2.24, 2.45) is 0 Å². The molecule has 1 aliphatic carbocycles. The number of hydrogen-bond donors (Lipinski definition) is 7. The number of nitrogens with two attached hydrogens (primary N) is 1. The van der Waals surface area contributed by atoms with E-state index in [0.717, 1.165) is 34.4 Å². The summed E-state index contributed by atoms with van der Waals surface area (Å²) in [7, 11) is 0. The van der Waals surface area contributed by atoms with E-state index < -0.39 is 37.3 Å². The monoisotopic (exact) mass is 399 g/mol. The number of thiophene rings is 1. The van der Waals surface area contributed by atoms with Gasteiger partial charge >= 0.3 is 0 Å². The Morgan fingerprint density at radius 2 is 2.04 bits per heavy atom. The minimum Gasteiger partial charge on any atom is -0.394 e.